The molecular formula is C21H28N4O2. The van der Waals surface area contributed by atoms with Crippen LogP contribution in [0.1, 0.15) is 41.9 Å². The van der Waals surface area contributed by atoms with E-state index >= 15 is 0 Å². The molecule has 0 aliphatic rings. The fourth-order valence-electron chi connectivity index (χ4n) is 3.11. The van der Waals surface area contributed by atoms with Crippen LogP contribution in [0.25, 0.3) is 5.69 Å². The van der Waals surface area contributed by atoms with E-state index in [1.165, 1.54) is 16.0 Å². The van der Waals surface area contributed by atoms with Gasteiger partial charge < -0.3 is 9.47 Å². The molecule has 0 aliphatic heterocycles. The van der Waals surface area contributed by atoms with Gasteiger partial charge in [-0.25, -0.2) is 5.43 Å². The first-order valence-corrected chi connectivity index (χ1v) is 9.19. The molecule has 2 aromatic rings. The first-order chi connectivity index (χ1) is 12.8. The van der Waals surface area contributed by atoms with Crippen LogP contribution < -0.4 is 5.43 Å². The van der Waals surface area contributed by atoms with E-state index in [0.717, 1.165) is 22.6 Å². The van der Waals surface area contributed by atoms with Crippen LogP contribution in [0.4, 0.5) is 0 Å². The summed E-state index contributed by atoms with van der Waals surface area (Å²) in [6, 6.07) is 8.37. The molecule has 0 radical (unpaired) electrons. The minimum atomic E-state index is -0.724. The predicted molar refractivity (Wildman–Crippen MR) is 108 cm³/mol. The number of hydrazone groups is 1. The zero-order chi connectivity index (χ0) is 20.1. The van der Waals surface area contributed by atoms with Crippen molar-refractivity contribution in [1.29, 1.82) is 0 Å². The molecule has 6 heteroatoms. The molecule has 27 heavy (non-hydrogen) atoms. The predicted octanol–water partition coefficient (Wildman–Crippen LogP) is 3.03. The molecule has 0 saturated heterocycles. The van der Waals surface area contributed by atoms with Crippen LogP contribution in [0.5, 0.6) is 0 Å². The number of likely N-dealkylation sites (N-methyl/N-ethyl adjacent to an activating group) is 1. The maximum Gasteiger partial charge on any atom is 0.329 e. The molecule has 2 amide bonds. The van der Waals surface area contributed by atoms with Crippen molar-refractivity contribution >= 4 is 18.0 Å². The van der Waals surface area contributed by atoms with Crippen molar-refractivity contribution in [2.45, 2.75) is 41.5 Å². The number of carbonyl (C=O) groups excluding carboxylic acids is 2. The highest BCUT2D eigenvalue weighted by Gasteiger charge is 2.18. The Kier molecular flexibility index (Phi) is 6.55. The third-order valence-electron chi connectivity index (χ3n) is 4.69. The van der Waals surface area contributed by atoms with Gasteiger partial charge in [0.1, 0.15) is 0 Å². The Morgan fingerprint density at radius 1 is 1.11 bits per heavy atom. The van der Waals surface area contributed by atoms with E-state index in [9.17, 15) is 9.59 Å². The summed E-state index contributed by atoms with van der Waals surface area (Å²) in [5.74, 6) is -1.30. The highest BCUT2D eigenvalue weighted by Crippen LogP contribution is 2.23. The van der Waals surface area contributed by atoms with Gasteiger partial charge in [-0.1, -0.05) is 12.1 Å². The monoisotopic (exact) mass is 368 g/mol. The van der Waals surface area contributed by atoms with Gasteiger partial charge in [0, 0.05) is 35.7 Å². The van der Waals surface area contributed by atoms with Crippen molar-refractivity contribution in [2.24, 2.45) is 5.10 Å². The van der Waals surface area contributed by atoms with E-state index in [1.54, 1.807) is 6.21 Å². The lowest BCUT2D eigenvalue weighted by Gasteiger charge is -2.16. The molecule has 6 nitrogen and oxygen atoms in total. The van der Waals surface area contributed by atoms with Gasteiger partial charge in [0.05, 0.1) is 6.21 Å². The van der Waals surface area contributed by atoms with Gasteiger partial charge in [-0.2, -0.15) is 5.10 Å². The van der Waals surface area contributed by atoms with Crippen LogP contribution in [-0.4, -0.2) is 40.6 Å². The molecule has 0 atom stereocenters. The quantitative estimate of drug-likeness (QED) is 0.501. The number of benzene rings is 1. The minimum absolute atomic E-state index is 0.490. The first kappa shape index (κ1) is 20.4. The van der Waals surface area contributed by atoms with E-state index in [2.05, 4.69) is 47.1 Å². The molecule has 1 heterocycles. The Balaban J connectivity index is 2.22. The summed E-state index contributed by atoms with van der Waals surface area (Å²) in [6.07, 6.45) is 1.58. The number of hydrogen-bond donors (Lipinski definition) is 1. The zero-order valence-electron chi connectivity index (χ0n) is 17.0. The molecular weight excluding hydrogens is 340 g/mol. The lowest BCUT2D eigenvalue weighted by Crippen LogP contribution is -2.41. The van der Waals surface area contributed by atoms with Gasteiger partial charge in [0.15, 0.2) is 0 Å². The molecule has 2 rings (SSSR count). The lowest BCUT2D eigenvalue weighted by molar-refractivity contribution is -0.145. The highest BCUT2D eigenvalue weighted by atomic mass is 16.2. The molecule has 0 fully saturated rings. The minimum Gasteiger partial charge on any atom is -0.335 e. The van der Waals surface area contributed by atoms with Crippen molar-refractivity contribution in [2.75, 3.05) is 13.1 Å². The molecule has 0 bridgehead atoms. The summed E-state index contributed by atoms with van der Waals surface area (Å²) in [5, 5.41) is 3.98. The second-order valence-electron chi connectivity index (χ2n) is 6.63. The number of amides is 2. The van der Waals surface area contributed by atoms with Gasteiger partial charge in [-0.15, -0.1) is 0 Å². The molecule has 0 spiro atoms. The first-order valence-electron chi connectivity index (χ1n) is 9.19. The van der Waals surface area contributed by atoms with E-state index in [0.29, 0.717) is 13.1 Å². The third-order valence-corrected chi connectivity index (χ3v) is 4.69. The van der Waals surface area contributed by atoms with Crippen molar-refractivity contribution in [3.8, 4) is 5.69 Å². The summed E-state index contributed by atoms with van der Waals surface area (Å²) < 4.78 is 2.17. The van der Waals surface area contributed by atoms with Gasteiger partial charge in [-0.05, 0) is 64.8 Å². The van der Waals surface area contributed by atoms with Crippen molar-refractivity contribution in [1.82, 2.24) is 14.9 Å². The summed E-state index contributed by atoms with van der Waals surface area (Å²) in [6.45, 7) is 12.9. The van der Waals surface area contributed by atoms with Crippen LogP contribution in [0, 0.1) is 27.7 Å². The molecule has 0 unspecified atom stereocenters. The molecule has 0 saturated carbocycles. The number of hydrogen-bond acceptors (Lipinski definition) is 3. The van der Waals surface area contributed by atoms with Gasteiger partial charge in [0.25, 0.3) is 0 Å². The van der Waals surface area contributed by atoms with Crippen LogP contribution in [-0.2, 0) is 9.59 Å². The number of nitrogens with one attached hydrogen (secondary N) is 1. The van der Waals surface area contributed by atoms with E-state index in [4.69, 9.17) is 0 Å². The van der Waals surface area contributed by atoms with E-state index in [-0.39, 0.29) is 0 Å². The Labute approximate surface area is 160 Å². The van der Waals surface area contributed by atoms with Crippen molar-refractivity contribution in [3.63, 3.8) is 0 Å². The van der Waals surface area contributed by atoms with Crippen LogP contribution in [0.3, 0.4) is 0 Å². The number of rotatable bonds is 5. The zero-order valence-corrected chi connectivity index (χ0v) is 17.0. The van der Waals surface area contributed by atoms with Crippen molar-refractivity contribution < 1.29 is 9.59 Å². The van der Waals surface area contributed by atoms with Gasteiger partial charge in [0.2, 0.25) is 0 Å². The number of aryl methyl sites for hydroxylation is 3. The SMILES string of the molecule is CCN(CC)C(=O)C(=O)N/N=C\c1cc(C)n(-c2cc(C)ccc2C)c1C. The van der Waals surface area contributed by atoms with Crippen LogP contribution in [0.15, 0.2) is 29.4 Å². The average Bonchev–Trinajstić information content (AvgIpc) is 2.91. The largest absolute Gasteiger partial charge is 0.335 e. The molecule has 0 aliphatic carbocycles. The Morgan fingerprint density at radius 2 is 1.78 bits per heavy atom. The number of nitrogens with zero attached hydrogens (tertiary/aromatic N) is 3. The summed E-state index contributed by atoms with van der Waals surface area (Å²) in [5.41, 5.74) is 8.83. The lowest BCUT2D eigenvalue weighted by atomic mass is 10.1. The second kappa shape index (κ2) is 8.66. The third kappa shape index (κ3) is 4.45. The van der Waals surface area contributed by atoms with E-state index in [1.807, 2.05) is 33.8 Å². The molecule has 1 aromatic carbocycles. The maximum absolute atomic E-state index is 12.0. The maximum atomic E-state index is 12.0. The number of aromatic nitrogens is 1. The molecule has 1 N–H and O–H groups in total. The molecule has 144 valence electrons. The fraction of sp³-hybridized carbons (Fsp3) is 0.381. The highest BCUT2D eigenvalue weighted by molar-refractivity contribution is 6.34. The second-order valence-corrected chi connectivity index (χ2v) is 6.63. The van der Waals surface area contributed by atoms with Crippen LogP contribution >= 0.6 is 0 Å². The summed E-state index contributed by atoms with van der Waals surface area (Å²) in [7, 11) is 0. The fourth-order valence-corrected chi connectivity index (χ4v) is 3.11. The van der Waals surface area contributed by atoms with E-state index < -0.39 is 11.8 Å². The standard InChI is InChI=1S/C21H28N4O2/c1-7-24(8-2)21(27)20(26)23-22-13-18-12-16(5)25(17(18)6)19-11-14(3)9-10-15(19)4/h9-13H,7-8H2,1-6H3,(H,23,26)/b22-13-. The smallest absolute Gasteiger partial charge is 0.329 e. The Bertz CT molecular complexity index is 877. The van der Waals surface area contributed by atoms with Crippen molar-refractivity contribution in [3.05, 3.63) is 52.3 Å². The summed E-state index contributed by atoms with van der Waals surface area (Å²) in [4.78, 5) is 25.4. The molecule has 1 aromatic heterocycles. The Hall–Kier alpha value is -2.89. The van der Waals surface area contributed by atoms with Gasteiger partial charge in [-0.3, -0.25) is 9.59 Å². The number of carbonyl (C=O) groups is 2. The topological polar surface area (TPSA) is 66.7 Å². The van der Waals surface area contributed by atoms with Crippen LogP contribution in [0.2, 0.25) is 0 Å². The average molecular weight is 368 g/mol. The normalized spacial score (nSPS) is 11.0. The van der Waals surface area contributed by atoms with Gasteiger partial charge >= 0.3 is 11.8 Å². The summed E-state index contributed by atoms with van der Waals surface area (Å²) >= 11 is 0. The Morgan fingerprint density at radius 3 is 2.41 bits per heavy atom.